The van der Waals surface area contributed by atoms with E-state index in [4.69, 9.17) is 10.6 Å². The van der Waals surface area contributed by atoms with Crippen molar-refractivity contribution in [3.8, 4) is 0 Å². The maximum absolute atomic E-state index is 10.9. The van der Waals surface area contributed by atoms with E-state index in [0.717, 1.165) is 6.39 Å². The normalized spacial score (nSPS) is 9.69. The lowest BCUT2D eigenvalue weighted by molar-refractivity contribution is -0.148. The molecule has 13 heavy (non-hydrogen) atoms. The number of aromatic nitrogens is 2. The maximum Gasteiger partial charge on any atom is 0.251 e. The Bertz CT molecular complexity index is 308. The van der Waals surface area contributed by atoms with Gasteiger partial charge < -0.3 is 4.52 Å². The van der Waals surface area contributed by atoms with Crippen LogP contribution in [0.1, 0.15) is 19.2 Å². The minimum absolute atomic E-state index is 0.0940. The third-order valence-corrected chi connectivity index (χ3v) is 1.32. The Balaban J connectivity index is 2.74. The van der Waals surface area contributed by atoms with E-state index in [1.54, 1.807) is 6.92 Å². The van der Waals surface area contributed by atoms with Gasteiger partial charge in [0, 0.05) is 6.42 Å². The number of hydrogen-bond acceptors (Lipinski definition) is 6. The summed E-state index contributed by atoms with van der Waals surface area (Å²) in [6.07, 6.45) is 1.10. The van der Waals surface area contributed by atoms with E-state index in [-0.39, 0.29) is 17.3 Å². The molecule has 70 valence electrons. The third kappa shape index (κ3) is 1.88. The Morgan fingerprint density at radius 1 is 1.85 bits per heavy atom. The van der Waals surface area contributed by atoms with Crippen LogP contribution in [0.15, 0.2) is 10.9 Å². The van der Waals surface area contributed by atoms with Crippen LogP contribution in [0.5, 0.6) is 0 Å². The molecule has 2 N–H and O–H groups in total. The topological polar surface area (TPSA) is 103 Å². The monoisotopic (exact) mass is 184 g/mol. The summed E-state index contributed by atoms with van der Waals surface area (Å²) < 4.78 is 4.35. The van der Waals surface area contributed by atoms with Crippen LogP contribution in [0.25, 0.3) is 0 Å². The Morgan fingerprint density at radius 2 is 2.54 bits per heavy atom. The second-order valence-electron chi connectivity index (χ2n) is 2.16. The molecular formula is C6H8N4O3. The van der Waals surface area contributed by atoms with Gasteiger partial charge in [0.1, 0.15) is 0 Å². The van der Waals surface area contributed by atoms with Gasteiger partial charge in [-0.25, -0.2) is 0 Å². The molecule has 1 amide bonds. The molecule has 0 aliphatic carbocycles. The highest BCUT2D eigenvalue weighted by atomic mass is 16.5. The molecule has 1 aromatic rings. The van der Waals surface area contributed by atoms with Crippen molar-refractivity contribution in [3.63, 3.8) is 0 Å². The van der Waals surface area contributed by atoms with E-state index in [9.17, 15) is 4.79 Å². The zero-order valence-corrected chi connectivity index (χ0v) is 6.89. The largest absolute Gasteiger partial charge is 0.342 e. The fourth-order valence-corrected chi connectivity index (χ4v) is 0.644. The molecule has 0 fully saturated rings. The summed E-state index contributed by atoms with van der Waals surface area (Å²) >= 11 is 0. The predicted molar refractivity (Wildman–Crippen MR) is 40.1 cm³/mol. The number of carbonyl (C=O) groups excluding carboxylic acids is 1. The Kier molecular flexibility index (Phi) is 2.70. The summed E-state index contributed by atoms with van der Waals surface area (Å²) in [4.78, 5) is 14.4. The molecule has 1 heterocycles. The van der Waals surface area contributed by atoms with Crippen LogP contribution in [-0.2, 0) is 4.79 Å². The van der Waals surface area contributed by atoms with E-state index in [2.05, 4.69) is 14.7 Å². The summed E-state index contributed by atoms with van der Waals surface area (Å²) in [5, 5.41) is 19.8. The van der Waals surface area contributed by atoms with Gasteiger partial charge in [-0.1, -0.05) is 12.1 Å². The van der Waals surface area contributed by atoms with Crippen molar-refractivity contribution in [2.45, 2.75) is 13.3 Å². The zero-order chi connectivity index (χ0) is 9.84. The van der Waals surface area contributed by atoms with E-state index in [1.165, 1.54) is 0 Å². The van der Waals surface area contributed by atoms with Crippen molar-refractivity contribution in [1.29, 1.82) is 5.41 Å². The third-order valence-electron chi connectivity index (χ3n) is 1.32. The lowest BCUT2D eigenvalue weighted by Crippen LogP contribution is -2.33. The first-order valence-corrected chi connectivity index (χ1v) is 3.54. The highest BCUT2D eigenvalue weighted by Crippen LogP contribution is 1.97. The predicted octanol–water partition coefficient (Wildman–Crippen LogP) is 0.0228. The number of hydroxylamine groups is 2. The Hall–Kier alpha value is -1.76. The first-order chi connectivity index (χ1) is 6.16. The lowest BCUT2D eigenvalue weighted by Gasteiger charge is -2.11. The number of rotatable bonds is 2. The van der Waals surface area contributed by atoms with Crippen LogP contribution in [-0.4, -0.2) is 32.2 Å². The van der Waals surface area contributed by atoms with Gasteiger partial charge in [0.15, 0.2) is 0 Å². The van der Waals surface area contributed by atoms with Gasteiger partial charge in [-0.05, 0) is 0 Å². The number of carbonyl (C=O) groups is 1. The minimum atomic E-state index is -0.602. The average Bonchev–Trinajstić information content (AvgIpc) is 2.67. The zero-order valence-electron chi connectivity index (χ0n) is 6.89. The standard InChI is InChI=1S/C6H8N4O3/c1-2-4(11)10(12)5(7)6-8-3-13-9-6/h3,7,12H,2H2,1H3. The minimum Gasteiger partial charge on any atom is -0.342 e. The highest BCUT2D eigenvalue weighted by molar-refractivity contribution is 6.02. The second-order valence-corrected chi connectivity index (χ2v) is 2.16. The molecule has 0 aliphatic rings. The van der Waals surface area contributed by atoms with Gasteiger partial charge in [-0.2, -0.15) is 10.0 Å². The molecule has 7 heteroatoms. The number of hydrogen-bond donors (Lipinski definition) is 2. The molecule has 7 nitrogen and oxygen atoms in total. The number of nitrogens with one attached hydrogen (secondary N) is 1. The second kappa shape index (κ2) is 3.76. The smallest absolute Gasteiger partial charge is 0.251 e. The average molecular weight is 184 g/mol. The van der Waals surface area contributed by atoms with E-state index >= 15 is 0 Å². The van der Waals surface area contributed by atoms with E-state index < -0.39 is 11.7 Å². The summed E-state index contributed by atoms with van der Waals surface area (Å²) in [5.41, 5.74) is 0. The number of amidine groups is 1. The molecule has 0 radical (unpaired) electrons. The molecule has 0 saturated heterocycles. The van der Waals surface area contributed by atoms with Crippen molar-refractivity contribution in [3.05, 3.63) is 12.2 Å². The Labute approximate surface area is 73.4 Å². The van der Waals surface area contributed by atoms with E-state index in [0.29, 0.717) is 0 Å². The van der Waals surface area contributed by atoms with Crippen LogP contribution in [0.3, 0.4) is 0 Å². The van der Waals surface area contributed by atoms with Gasteiger partial charge in [0.05, 0.1) is 0 Å². The lowest BCUT2D eigenvalue weighted by atomic mass is 10.4. The van der Waals surface area contributed by atoms with Crippen LogP contribution >= 0.6 is 0 Å². The van der Waals surface area contributed by atoms with Crippen LogP contribution in [0.4, 0.5) is 0 Å². The first kappa shape index (κ1) is 9.33. The van der Waals surface area contributed by atoms with E-state index in [1.807, 2.05) is 0 Å². The summed E-state index contributed by atoms with van der Waals surface area (Å²) in [7, 11) is 0. The summed E-state index contributed by atoms with van der Waals surface area (Å²) in [5.74, 6) is -1.24. The van der Waals surface area contributed by atoms with Crippen molar-refractivity contribution in [2.75, 3.05) is 0 Å². The van der Waals surface area contributed by atoms with Crippen LogP contribution in [0, 0.1) is 5.41 Å². The van der Waals surface area contributed by atoms with Crippen LogP contribution in [0.2, 0.25) is 0 Å². The SMILES string of the molecule is CCC(=O)N(O)C(=N)c1ncon1. The quantitative estimate of drug-likeness (QED) is 0.292. The fourth-order valence-electron chi connectivity index (χ4n) is 0.644. The number of amides is 1. The summed E-state index contributed by atoms with van der Waals surface area (Å²) in [6.45, 7) is 1.56. The molecule has 1 aromatic heterocycles. The molecule has 1 rings (SSSR count). The highest BCUT2D eigenvalue weighted by Gasteiger charge is 2.18. The first-order valence-electron chi connectivity index (χ1n) is 3.54. The molecule has 0 atom stereocenters. The van der Waals surface area contributed by atoms with Gasteiger partial charge in [-0.15, -0.1) is 0 Å². The molecule has 0 aromatic carbocycles. The van der Waals surface area contributed by atoms with Gasteiger partial charge in [-0.3, -0.25) is 15.4 Å². The van der Waals surface area contributed by atoms with Crippen LogP contribution < -0.4 is 0 Å². The van der Waals surface area contributed by atoms with Crippen molar-refractivity contribution < 1.29 is 14.5 Å². The van der Waals surface area contributed by atoms with Gasteiger partial charge in [0.2, 0.25) is 18.1 Å². The molecule has 0 spiro atoms. The molecule has 0 saturated carbocycles. The molecular weight excluding hydrogens is 176 g/mol. The van der Waals surface area contributed by atoms with Crippen molar-refractivity contribution in [2.24, 2.45) is 0 Å². The molecule has 0 unspecified atom stereocenters. The molecule has 0 bridgehead atoms. The van der Waals surface area contributed by atoms with Gasteiger partial charge in [0.25, 0.3) is 5.91 Å². The maximum atomic E-state index is 10.9. The number of nitrogens with zero attached hydrogens (tertiary/aromatic N) is 3. The summed E-state index contributed by atoms with van der Waals surface area (Å²) in [6, 6.07) is 0. The molecule has 0 aliphatic heterocycles. The Morgan fingerprint density at radius 3 is 3.00 bits per heavy atom. The van der Waals surface area contributed by atoms with Crippen molar-refractivity contribution in [1.82, 2.24) is 15.2 Å². The van der Waals surface area contributed by atoms with Gasteiger partial charge >= 0.3 is 0 Å². The fraction of sp³-hybridized carbons (Fsp3) is 0.333. The van der Waals surface area contributed by atoms with Crippen molar-refractivity contribution >= 4 is 11.7 Å².